The largest absolute Gasteiger partial charge is 0.508 e. The lowest BCUT2D eigenvalue weighted by Gasteiger charge is -2.15. The molecule has 0 heterocycles. The minimum Gasteiger partial charge on any atom is -0.508 e. The molecule has 0 aliphatic carbocycles. The Hall–Kier alpha value is -2.01. The van der Waals surface area contributed by atoms with Gasteiger partial charge < -0.3 is 10.2 Å². The fourth-order valence-electron chi connectivity index (χ4n) is 3.30. The summed E-state index contributed by atoms with van der Waals surface area (Å²) in [7, 11) is -3.73. The molecule has 4 nitrogen and oxygen atoms in total. The van der Waals surface area contributed by atoms with Crippen LogP contribution in [0.15, 0.2) is 46.2 Å². The Morgan fingerprint density at radius 2 is 1.11 bits per heavy atom. The second-order valence-electron chi connectivity index (χ2n) is 7.00. The highest BCUT2D eigenvalue weighted by Crippen LogP contribution is 2.32. The van der Waals surface area contributed by atoms with Crippen molar-refractivity contribution >= 4 is 9.84 Å². The van der Waals surface area contributed by atoms with Gasteiger partial charge in [0.05, 0.1) is 9.79 Å². The highest BCUT2D eigenvalue weighted by molar-refractivity contribution is 7.91. The van der Waals surface area contributed by atoms with Crippen LogP contribution in [0.4, 0.5) is 0 Å². The molecule has 2 rings (SSSR count). The maximum atomic E-state index is 13.4. The third kappa shape index (κ3) is 5.48. The molecule has 0 unspecified atom stereocenters. The lowest BCUT2D eigenvalue weighted by atomic mass is 10.1. The normalized spacial score (nSPS) is 11.6. The molecule has 2 aromatic carbocycles. The summed E-state index contributed by atoms with van der Waals surface area (Å²) in [4.78, 5) is 0.498. The highest BCUT2D eigenvalue weighted by atomic mass is 32.2. The summed E-state index contributed by atoms with van der Waals surface area (Å²) in [5.41, 5.74) is 1.30. The fraction of sp³-hybridized carbons (Fsp3) is 0.455. The molecular weight excluding hydrogens is 360 g/mol. The molecular formula is C22H30O4S. The molecule has 0 amide bonds. The Morgan fingerprint density at radius 1 is 0.704 bits per heavy atom. The van der Waals surface area contributed by atoms with Crippen molar-refractivity contribution in [1.82, 2.24) is 0 Å². The summed E-state index contributed by atoms with van der Waals surface area (Å²) in [6.45, 7) is 4.19. The molecule has 2 aromatic rings. The van der Waals surface area contributed by atoms with Gasteiger partial charge in [-0.15, -0.1) is 0 Å². The Balaban J connectivity index is 2.46. The molecule has 5 heteroatoms. The van der Waals surface area contributed by atoms with Gasteiger partial charge in [-0.2, -0.15) is 0 Å². The van der Waals surface area contributed by atoms with Crippen LogP contribution in [0, 0.1) is 0 Å². The van der Waals surface area contributed by atoms with Crippen LogP contribution >= 0.6 is 0 Å². The molecule has 0 aliphatic rings. The van der Waals surface area contributed by atoms with Gasteiger partial charge in [-0.25, -0.2) is 8.42 Å². The number of aromatic hydroxyl groups is 2. The van der Waals surface area contributed by atoms with Crippen LogP contribution in [-0.2, 0) is 22.7 Å². The van der Waals surface area contributed by atoms with E-state index in [-0.39, 0.29) is 21.3 Å². The Labute approximate surface area is 162 Å². The first kappa shape index (κ1) is 21.3. The van der Waals surface area contributed by atoms with Gasteiger partial charge in [-0.3, -0.25) is 0 Å². The van der Waals surface area contributed by atoms with Gasteiger partial charge in [0.25, 0.3) is 0 Å². The minimum absolute atomic E-state index is 0.0781. The fourth-order valence-corrected chi connectivity index (χ4v) is 5.04. The molecule has 0 aromatic heterocycles. The van der Waals surface area contributed by atoms with Crippen molar-refractivity contribution in [2.75, 3.05) is 0 Å². The maximum Gasteiger partial charge on any atom is 0.207 e. The van der Waals surface area contributed by atoms with Crippen molar-refractivity contribution in [3.05, 3.63) is 47.5 Å². The average molecular weight is 391 g/mol. The number of phenolic OH excluding ortho intramolecular Hbond substituents is 2. The first-order valence-corrected chi connectivity index (χ1v) is 11.3. The predicted molar refractivity (Wildman–Crippen MR) is 108 cm³/mol. The Kier molecular flexibility index (Phi) is 7.72. The standard InChI is InChI=1S/C22H30O4S/c1-3-5-7-9-17-15-19(23)11-13-21(17)27(25,26)22-14-12-20(24)16-18(22)10-8-6-4-2/h11-16,23-24H,3-10H2,1-2H3. The molecule has 0 spiro atoms. The number of aryl methyl sites for hydroxylation is 2. The quantitative estimate of drug-likeness (QED) is 0.533. The van der Waals surface area contributed by atoms with Crippen LogP contribution in [0.1, 0.15) is 63.5 Å². The summed E-state index contributed by atoms with van der Waals surface area (Å²) < 4.78 is 26.8. The van der Waals surface area contributed by atoms with Gasteiger partial charge in [-0.1, -0.05) is 39.5 Å². The van der Waals surface area contributed by atoms with Crippen LogP contribution in [0.5, 0.6) is 11.5 Å². The third-order valence-electron chi connectivity index (χ3n) is 4.77. The third-order valence-corrected chi connectivity index (χ3v) is 6.72. The van der Waals surface area contributed by atoms with Crippen LogP contribution in [0.25, 0.3) is 0 Å². The van der Waals surface area contributed by atoms with Crippen LogP contribution in [-0.4, -0.2) is 18.6 Å². The van der Waals surface area contributed by atoms with E-state index in [4.69, 9.17) is 0 Å². The maximum absolute atomic E-state index is 13.4. The van der Waals surface area contributed by atoms with Gasteiger partial charge in [0, 0.05) is 0 Å². The second kappa shape index (κ2) is 9.79. The van der Waals surface area contributed by atoms with E-state index in [2.05, 4.69) is 13.8 Å². The second-order valence-corrected chi connectivity index (χ2v) is 8.89. The number of phenols is 2. The van der Waals surface area contributed by atoms with Gasteiger partial charge in [0.15, 0.2) is 0 Å². The molecule has 0 saturated carbocycles. The average Bonchev–Trinajstić information content (AvgIpc) is 2.62. The van der Waals surface area contributed by atoms with Crippen LogP contribution in [0.2, 0.25) is 0 Å². The van der Waals surface area contributed by atoms with Crippen molar-refractivity contribution in [3.63, 3.8) is 0 Å². The van der Waals surface area contributed by atoms with Crippen molar-refractivity contribution < 1.29 is 18.6 Å². The lowest BCUT2D eigenvalue weighted by molar-refractivity contribution is 0.473. The first-order valence-electron chi connectivity index (χ1n) is 9.79. The summed E-state index contributed by atoms with van der Waals surface area (Å²) >= 11 is 0. The Bertz CT molecular complexity index is 791. The van der Waals surface area contributed by atoms with Crippen molar-refractivity contribution in [1.29, 1.82) is 0 Å². The molecule has 0 bridgehead atoms. The molecule has 0 atom stereocenters. The zero-order valence-electron chi connectivity index (χ0n) is 16.2. The summed E-state index contributed by atoms with van der Waals surface area (Å²) in [5, 5.41) is 19.7. The molecule has 0 fully saturated rings. The summed E-state index contributed by atoms with van der Waals surface area (Å²) in [6, 6.07) is 8.95. The van der Waals surface area contributed by atoms with Gasteiger partial charge >= 0.3 is 0 Å². The summed E-state index contributed by atoms with van der Waals surface area (Å²) in [5.74, 6) is 0.156. The van der Waals surface area contributed by atoms with Gasteiger partial charge in [-0.05, 0) is 73.2 Å². The van der Waals surface area contributed by atoms with E-state index in [9.17, 15) is 18.6 Å². The molecule has 0 radical (unpaired) electrons. The first-order chi connectivity index (χ1) is 12.9. The van der Waals surface area contributed by atoms with Gasteiger partial charge in [0.1, 0.15) is 11.5 Å². The van der Waals surface area contributed by atoms with Crippen LogP contribution < -0.4 is 0 Å². The van der Waals surface area contributed by atoms with Crippen molar-refractivity contribution in [2.24, 2.45) is 0 Å². The minimum atomic E-state index is -3.73. The molecule has 0 saturated heterocycles. The topological polar surface area (TPSA) is 74.6 Å². The van der Waals surface area contributed by atoms with E-state index < -0.39 is 9.84 Å². The summed E-state index contributed by atoms with van der Waals surface area (Å²) in [6.07, 6.45) is 7.08. The molecule has 0 aliphatic heterocycles. The van der Waals surface area contributed by atoms with Crippen molar-refractivity contribution in [2.45, 2.75) is 75.0 Å². The number of benzene rings is 2. The number of hydrogen-bond acceptors (Lipinski definition) is 4. The molecule has 27 heavy (non-hydrogen) atoms. The van der Waals surface area contributed by atoms with Gasteiger partial charge in [0.2, 0.25) is 9.84 Å². The predicted octanol–water partition coefficient (Wildman–Crippen LogP) is 5.40. The SMILES string of the molecule is CCCCCc1cc(O)ccc1S(=O)(=O)c1ccc(O)cc1CCCCC. The number of unbranched alkanes of at least 4 members (excludes halogenated alkanes) is 4. The van der Waals surface area contributed by atoms with E-state index in [1.807, 2.05) is 0 Å². The van der Waals surface area contributed by atoms with Crippen molar-refractivity contribution in [3.8, 4) is 11.5 Å². The number of sulfone groups is 1. The number of hydrogen-bond donors (Lipinski definition) is 2. The monoisotopic (exact) mass is 390 g/mol. The zero-order chi connectivity index (χ0) is 19.9. The lowest BCUT2D eigenvalue weighted by Crippen LogP contribution is -2.09. The van der Waals surface area contributed by atoms with E-state index in [1.54, 1.807) is 12.1 Å². The zero-order valence-corrected chi connectivity index (χ0v) is 17.1. The van der Waals surface area contributed by atoms with E-state index >= 15 is 0 Å². The molecule has 148 valence electrons. The highest BCUT2D eigenvalue weighted by Gasteiger charge is 2.24. The smallest absolute Gasteiger partial charge is 0.207 e. The number of rotatable bonds is 10. The van der Waals surface area contributed by atoms with Crippen LogP contribution in [0.3, 0.4) is 0 Å². The van der Waals surface area contributed by atoms with E-state index in [1.165, 1.54) is 24.3 Å². The van der Waals surface area contributed by atoms with E-state index in [0.717, 1.165) is 38.5 Å². The Morgan fingerprint density at radius 3 is 1.48 bits per heavy atom. The van der Waals surface area contributed by atoms with E-state index in [0.29, 0.717) is 24.0 Å². The molecule has 2 N–H and O–H groups in total.